The maximum absolute atomic E-state index is 12.0. The molecule has 1 atom stereocenters. The molecule has 2 N–H and O–H groups in total. The van der Waals surface area contributed by atoms with Crippen molar-refractivity contribution in [3.8, 4) is 0 Å². The minimum Gasteiger partial charge on any atom is -0.316 e. The second-order valence-electron chi connectivity index (χ2n) is 4.93. The fraction of sp³-hybridized carbons (Fsp3) is 0.571. The topological polar surface area (TPSA) is 58.2 Å². The molecule has 1 aliphatic carbocycles. The van der Waals surface area contributed by atoms with E-state index < -0.39 is 10.0 Å². The van der Waals surface area contributed by atoms with E-state index in [1.165, 1.54) is 5.56 Å². The molecule has 1 unspecified atom stereocenters. The molecule has 4 nitrogen and oxygen atoms in total. The summed E-state index contributed by atoms with van der Waals surface area (Å²) < 4.78 is 26.9. The first-order valence-corrected chi connectivity index (χ1v) is 8.56. The van der Waals surface area contributed by atoms with Crippen LogP contribution in [-0.2, 0) is 16.4 Å². The number of hydrogen-bond acceptors (Lipinski definition) is 3. The van der Waals surface area contributed by atoms with Gasteiger partial charge in [-0.3, -0.25) is 0 Å². The highest BCUT2D eigenvalue weighted by Gasteiger charge is 2.23. The summed E-state index contributed by atoms with van der Waals surface area (Å²) in [5.74, 6) is 0.138. The number of benzene rings is 1. The van der Waals surface area contributed by atoms with Gasteiger partial charge in [0.15, 0.2) is 0 Å². The Bertz CT molecular complexity index is 514. The lowest BCUT2D eigenvalue weighted by molar-refractivity contribution is 0.506. The zero-order valence-corrected chi connectivity index (χ0v) is 12.2. The van der Waals surface area contributed by atoms with Gasteiger partial charge in [-0.2, -0.15) is 0 Å². The number of sulfonamides is 1. The molecule has 0 fully saturated rings. The molecule has 0 saturated heterocycles. The summed E-state index contributed by atoms with van der Waals surface area (Å²) in [4.78, 5) is 0. The number of fused-ring (bicyclic) bond motifs is 1. The van der Waals surface area contributed by atoms with Crippen LogP contribution < -0.4 is 10.0 Å². The van der Waals surface area contributed by atoms with Gasteiger partial charge in [0, 0.05) is 12.6 Å². The van der Waals surface area contributed by atoms with Gasteiger partial charge in [0.1, 0.15) is 0 Å². The lowest BCUT2D eigenvalue weighted by Crippen LogP contribution is -2.35. The van der Waals surface area contributed by atoms with E-state index in [1.807, 2.05) is 25.1 Å². The third kappa shape index (κ3) is 4.03. The highest BCUT2D eigenvalue weighted by Crippen LogP contribution is 2.29. The van der Waals surface area contributed by atoms with Gasteiger partial charge >= 0.3 is 0 Å². The molecule has 0 bridgehead atoms. The molecule has 0 saturated carbocycles. The maximum Gasteiger partial charge on any atom is 0.213 e. The summed E-state index contributed by atoms with van der Waals surface area (Å²) >= 11 is 0. The molecule has 1 aromatic carbocycles. The lowest BCUT2D eigenvalue weighted by Gasteiger charge is -2.26. The van der Waals surface area contributed by atoms with Gasteiger partial charge in [-0.15, -0.1) is 0 Å². The summed E-state index contributed by atoms with van der Waals surface area (Å²) in [5.41, 5.74) is 2.41. The number of aryl methyl sites for hydroxylation is 1. The van der Waals surface area contributed by atoms with Crippen molar-refractivity contribution < 1.29 is 8.42 Å². The van der Waals surface area contributed by atoms with Gasteiger partial charge in [0.05, 0.1) is 5.75 Å². The van der Waals surface area contributed by atoms with Crippen LogP contribution in [0.25, 0.3) is 0 Å². The Kier molecular flexibility index (Phi) is 4.96. The fourth-order valence-corrected chi connectivity index (χ4v) is 3.74. The van der Waals surface area contributed by atoms with Crippen LogP contribution >= 0.6 is 0 Å². The molecule has 0 aliphatic heterocycles. The van der Waals surface area contributed by atoms with E-state index in [9.17, 15) is 8.42 Å². The second kappa shape index (κ2) is 6.50. The van der Waals surface area contributed by atoms with Gasteiger partial charge in [0.2, 0.25) is 10.0 Å². The van der Waals surface area contributed by atoms with E-state index in [2.05, 4.69) is 16.1 Å². The third-order valence-electron chi connectivity index (χ3n) is 3.49. The van der Waals surface area contributed by atoms with Crippen molar-refractivity contribution in [2.24, 2.45) is 0 Å². The predicted molar refractivity (Wildman–Crippen MR) is 77.6 cm³/mol. The van der Waals surface area contributed by atoms with Gasteiger partial charge in [-0.05, 0) is 36.9 Å². The van der Waals surface area contributed by atoms with Crippen LogP contribution in [0.15, 0.2) is 24.3 Å². The molecule has 0 heterocycles. The highest BCUT2D eigenvalue weighted by atomic mass is 32.2. The summed E-state index contributed by atoms with van der Waals surface area (Å²) in [6, 6.07) is 8.06. The van der Waals surface area contributed by atoms with Crippen LogP contribution in [0.5, 0.6) is 0 Å². The Hall–Kier alpha value is -0.910. The van der Waals surface area contributed by atoms with E-state index in [1.54, 1.807) is 0 Å². The van der Waals surface area contributed by atoms with Crippen molar-refractivity contribution in [1.29, 1.82) is 0 Å². The van der Waals surface area contributed by atoms with E-state index >= 15 is 0 Å². The highest BCUT2D eigenvalue weighted by molar-refractivity contribution is 7.89. The average molecular weight is 282 g/mol. The lowest BCUT2D eigenvalue weighted by atomic mass is 9.88. The Balaban J connectivity index is 2.04. The van der Waals surface area contributed by atoms with E-state index in [-0.39, 0.29) is 11.8 Å². The van der Waals surface area contributed by atoms with Gasteiger partial charge in [-0.25, -0.2) is 13.1 Å². The summed E-state index contributed by atoms with van der Waals surface area (Å²) in [7, 11) is -3.21. The molecule has 0 amide bonds. The average Bonchev–Trinajstić information content (AvgIpc) is 2.39. The Morgan fingerprint density at radius 2 is 2.11 bits per heavy atom. The SMILES string of the molecule is CCNCCS(=O)(=O)NC1CCCc2ccccc21. The van der Waals surface area contributed by atoms with Crippen molar-refractivity contribution in [3.63, 3.8) is 0 Å². The van der Waals surface area contributed by atoms with E-state index in [4.69, 9.17) is 0 Å². The smallest absolute Gasteiger partial charge is 0.213 e. The molecular formula is C14H22N2O2S. The standard InChI is InChI=1S/C14H22N2O2S/c1-2-15-10-11-19(17,18)16-14-9-5-7-12-6-3-4-8-13(12)14/h3-4,6,8,14-16H,2,5,7,9-11H2,1H3. The normalized spacial score (nSPS) is 19.1. The van der Waals surface area contributed by atoms with Crippen molar-refractivity contribution in [1.82, 2.24) is 10.0 Å². The van der Waals surface area contributed by atoms with Crippen LogP contribution in [0.1, 0.15) is 36.9 Å². The number of nitrogens with one attached hydrogen (secondary N) is 2. The minimum absolute atomic E-state index is 0.0587. The zero-order chi connectivity index (χ0) is 13.7. The minimum atomic E-state index is -3.21. The second-order valence-corrected chi connectivity index (χ2v) is 6.81. The van der Waals surface area contributed by atoms with Gasteiger partial charge in [0.25, 0.3) is 0 Å². The molecule has 106 valence electrons. The third-order valence-corrected chi connectivity index (χ3v) is 4.87. The van der Waals surface area contributed by atoms with E-state index in [0.29, 0.717) is 6.54 Å². The maximum atomic E-state index is 12.0. The Morgan fingerprint density at radius 1 is 1.32 bits per heavy atom. The molecule has 0 radical (unpaired) electrons. The van der Waals surface area contributed by atoms with Crippen LogP contribution in [0.2, 0.25) is 0 Å². The van der Waals surface area contributed by atoms with Gasteiger partial charge < -0.3 is 5.32 Å². The Morgan fingerprint density at radius 3 is 2.89 bits per heavy atom. The molecule has 5 heteroatoms. The Labute approximate surface area is 115 Å². The predicted octanol–water partition coefficient (Wildman–Crippen LogP) is 1.59. The summed E-state index contributed by atoms with van der Waals surface area (Å²) in [6.45, 7) is 3.26. The monoisotopic (exact) mass is 282 g/mol. The molecule has 0 spiro atoms. The first-order chi connectivity index (χ1) is 9.12. The molecular weight excluding hydrogens is 260 g/mol. The van der Waals surface area contributed by atoms with Crippen molar-refractivity contribution in [2.75, 3.05) is 18.8 Å². The van der Waals surface area contributed by atoms with Crippen molar-refractivity contribution in [2.45, 2.75) is 32.2 Å². The van der Waals surface area contributed by atoms with Crippen LogP contribution in [0.4, 0.5) is 0 Å². The first kappa shape index (κ1) is 14.5. The van der Waals surface area contributed by atoms with Gasteiger partial charge in [-0.1, -0.05) is 31.2 Å². The fourth-order valence-electron chi connectivity index (χ4n) is 2.54. The van der Waals surface area contributed by atoms with E-state index in [0.717, 1.165) is 31.4 Å². The number of rotatable bonds is 6. The molecule has 0 aromatic heterocycles. The van der Waals surface area contributed by atoms with Crippen LogP contribution in [0, 0.1) is 0 Å². The first-order valence-electron chi connectivity index (χ1n) is 6.91. The molecule has 2 rings (SSSR count). The van der Waals surface area contributed by atoms with Crippen LogP contribution in [-0.4, -0.2) is 27.3 Å². The van der Waals surface area contributed by atoms with Crippen molar-refractivity contribution in [3.05, 3.63) is 35.4 Å². The van der Waals surface area contributed by atoms with Crippen molar-refractivity contribution >= 4 is 10.0 Å². The zero-order valence-electron chi connectivity index (χ0n) is 11.4. The number of hydrogen-bond donors (Lipinski definition) is 2. The summed E-state index contributed by atoms with van der Waals surface area (Å²) in [6.07, 6.45) is 2.97. The molecule has 19 heavy (non-hydrogen) atoms. The molecule has 1 aromatic rings. The quantitative estimate of drug-likeness (QED) is 0.779. The van der Waals surface area contributed by atoms with Crippen LogP contribution in [0.3, 0.4) is 0 Å². The summed E-state index contributed by atoms with van der Waals surface area (Å²) in [5, 5.41) is 3.04. The largest absolute Gasteiger partial charge is 0.316 e. The molecule has 1 aliphatic rings.